The molecule has 1 heterocycles. The van der Waals surface area contributed by atoms with E-state index in [0.29, 0.717) is 0 Å². The van der Waals surface area contributed by atoms with Crippen LogP contribution in [0.1, 0.15) is 24.2 Å². The van der Waals surface area contributed by atoms with Crippen LogP contribution < -0.4 is 10.1 Å². The van der Waals surface area contributed by atoms with Gasteiger partial charge in [0.1, 0.15) is 5.75 Å². The third-order valence-electron chi connectivity index (χ3n) is 2.99. The largest absolute Gasteiger partial charge is 0.513 e. The van der Waals surface area contributed by atoms with Crippen LogP contribution in [0.25, 0.3) is 0 Å². The summed E-state index contributed by atoms with van der Waals surface area (Å²) in [5, 5.41) is 3.89. The van der Waals surface area contributed by atoms with Crippen LogP contribution in [0.3, 0.4) is 0 Å². The van der Waals surface area contributed by atoms with E-state index in [9.17, 15) is 18.0 Å². The third-order valence-corrected chi connectivity index (χ3v) is 5.50. The molecular formula is C15H16N2O6S2. The molecule has 134 valence electrons. The van der Waals surface area contributed by atoms with Gasteiger partial charge in [0.2, 0.25) is 0 Å². The van der Waals surface area contributed by atoms with E-state index < -0.39 is 21.9 Å². The zero-order valence-electron chi connectivity index (χ0n) is 13.5. The highest BCUT2D eigenvalue weighted by Gasteiger charge is 2.19. The number of sulfone groups is 1. The summed E-state index contributed by atoms with van der Waals surface area (Å²) in [5.41, 5.74) is 0.0886. The summed E-state index contributed by atoms with van der Waals surface area (Å²) < 4.78 is 33.2. The summed E-state index contributed by atoms with van der Waals surface area (Å²) in [5.74, 6) is -0.647. The van der Waals surface area contributed by atoms with Gasteiger partial charge in [0.15, 0.2) is 20.0 Å². The number of nitrogens with zero attached hydrogens (tertiary/aromatic N) is 1. The van der Waals surface area contributed by atoms with Crippen LogP contribution in [0.2, 0.25) is 0 Å². The molecule has 1 N–H and O–H groups in total. The molecule has 0 saturated heterocycles. The topological polar surface area (TPSA) is 112 Å². The highest BCUT2D eigenvalue weighted by Crippen LogP contribution is 2.23. The van der Waals surface area contributed by atoms with Crippen LogP contribution in [0, 0.1) is 0 Å². The fraction of sp³-hybridized carbons (Fsp3) is 0.267. The maximum atomic E-state index is 12.4. The molecule has 8 nitrogen and oxygen atoms in total. The maximum absolute atomic E-state index is 12.4. The molecule has 0 saturated carbocycles. The van der Waals surface area contributed by atoms with Gasteiger partial charge in [-0.3, -0.25) is 10.1 Å². The van der Waals surface area contributed by atoms with Gasteiger partial charge >= 0.3 is 6.16 Å². The quantitative estimate of drug-likeness (QED) is 0.602. The molecule has 0 aliphatic rings. The van der Waals surface area contributed by atoms with Crippen LogP contribution in [0.15, 0.2) is 34.7 Å². The average molecular weight is 384 g/mol. The number of para-hydroxylation sites is 1. The first-order chi connectivity index (χ1) is 11.9. The SMILES string of the molecule is CCOC(=O)Oc1ccccc1C(=O)Nc1nc(S(=O)(=O)CC)cs1. The molecule has 0 bridgehead atoms. The zero-order chi connectivity index (χ0) is 18.4. The lowest BCUT2D eigenvalue weighted by Gasteiger charge is -2.09. The van der Waals surface area contributed by atoms with Gasteiger partial charge in [-0.25, -0.2) is 18.2 Å². The lowest BCUT2D eigenvalue weighted by molar-refractivity contribution is 0.0994. The summed E-state index contributed by atoms with van der Waals surface area (Å²) in [7, 11) is -3.45. The maximum Gasteiger partial charge on any atom is 0.513 e. The number of ether oxygens (including phenoxy) is 2. The Morgan fingerprint density at radius 1 is 1.24 bits per heavy atom. The minimum Gasteiger partial charge on any atom is -0.434 e. The molecule has 2 rings (SSSR count). The van der Waals surface area contributed by atoms with Gasteiger partial charge in [0, 0.05) is 5.38 Å². The smallest absolute Gasteiger partial charge is 0.434 e. The summed E-state index contributed by atoms with van der Waals surface area (Å²) in [6.07, 6.45) is -0.923. The number of hydrogen-bond acceptors (Lipinski definition) is 8. The molecule has 1 amide bonds. The Hall–Kier alpha value is -2.46. The summed E-state index contributed by atoms with van der Waals surface area (Å²) >= 11 is 0.988. The molecule has 25 heavy (non-hydrogen) atoms. The monoisotopic (exact) mass is 384 g/mol. The number of carbonyl (C=O) groups excluding carboxylic acids is 2. The van der Waals surface area contributed by atoms with Crippen molar-refractivity contribution in [3.8, 4) is 5.75 Å². The lowest BCUT2D eigenvalue weighted by Crippen LogP contribution is -2.16. The van der Waals surface area contributed by atoms with E-state index in [2.05, 4.69) is 15.0 Å². The van der Waals surface area contributed by atoms with E-state index in [1.54, 1.807) is 19.1 Å². The minimum absolute atomic E-state index is 0.0245. The van der Waals surface area contributed by atoms with Crippen molar-refractivity contribution in [3.63, 3.8) is 0 Å². The van der Waals surface area contributed by atoms with Crippen molar-refractivity contribution in [3.05, 3.63) is 35.2 Å². The standard InChI is InChI=1S/C15H16N2O6S2/c1-3-22-15(19)23-11-8-6-5-7-10(11)13(18)17-14-16-12(9-24-14)25(20,21)4-2/h5-9H,3-4H2,1-2H3,(H,16,17,18). The molecule has 0 atom stereocenters. The van der Waals surface area contributed by atoms with Crippen LogP contribution in [-0.2, 0) is 14.6 Å². The predicted molar refractivity (Wildman–Crippen MR) is 91.9 cm³/mol. The minimum atomic E-state index is -3.45. The predicted octanol–water partition coefficient (Wildman–Crippen LogP) is 2.72. The molecule has 1 aromatic carbocycles. The average Bonchev–Trinajstić information content (AvgIpc) is 3.05. The number of nitrogens with one attached hydrogen (secondary N) is 1. The van der Waals surface area contributed by atoms with Crippen molar-refractivity contribution in [2.24, 2.45) is 0 Å². The van der Waals surface area contributed by atoms with Crippen LogP contribution in [0.4, 0.5) is 9.93 Å². The van der Waals surface area contributed by atoms with Crippen molar-refractivity contribution in [2.75, 3.05) is 17.7 Å². The van der Waals surface area contributed by atoms with Crippen molar-refractivity contribution in [2.45, 2.75) is 18.9 Å². The molecule has 1 aromatic heterocycles. The van der Waals surface area contributed by atoms with Crippen molar-refractivity contribution < 1.29 is 27.5 Å². The number of thiazole rings is 1. The summed E-state index contributed by atoms with van der Waals surface area (Å²) in [4.78, 5) is 27.7. The van der Waals surface area contributed by atoms with Gasteiger partial charge in [-0.15, -0.1) is 11.3 Å². The van der Waals surface area contributed by atoms with Gasteiger partial charge < -0.3 is 9.47 Å². The van der Waals surface area contributed by atoms with Gasteiger partial charge in [-0.2, -0.15) is 0 Å². The number of rotatable bonds is 6. The van der Waals surface area contributed by atoms with E-state index in [-0.39, 0.29) is 33.8 Å². The van der Waals surface area contributed by atoms with Crippen LogP contribution >= 0.6 is 11.3 Å². The second kappa shape index (κ2) is 8.08. The van der Waals surface area contributed by atoms with E-state index >= 15 is 0 Å². The Balaban J connectivity index is 2.18. The number of anilines is 1. The number of amides is 1. The molecule has 0 radical (unpaired) electrons. The van der Waals surface area contributed by atoms with Gasteiger partial charge in [0.25, 0.3) is 5.91 Å². The molecule has 0 unspecified atom stereocenters. The molecule has 0 aliphatic carbocycles. The number of benzene rings is 1. The lowest BCUT2D eigenvalue weighted by atomic mass is 10.2. The Morgan fingerprint density at radius 2 is 1.96 bits per heavy atom. The van der Waals surface area contributed by atoms with Gasteiger partial charge in [0.05, 0.1) is 17.9 Å². The molecular weight excluding hydrogens is 368 g/mol. The van der Waals surface area contributed by atoms with Crippen molar-refractivity contribution in [1.82, 2.24) is 4.98 Å². The first-order valence-corrected chi connectivity index (χ1v) is 9.83. The Kier molecular flexibility index (Phi) is 6.10. The first-order valence-electron chi connectivity index (χ1n) is 7.30. The van der Waals surface area contributed by atoms with Crippen molar-refractivity contribution in [1.29, 1.82) is 0 Å². The van der Waals surface area contributed by atoms with Gasteiger partial charge in [-0.1, -0.05) is 19.1 Å². The number of hydrogen-bond donors (Lipinski definition) is 1. The molecule has 2 aromatic rings. The fourth-order valence-corrected chi connectivity index (χ4v) is 3.63. The third kappa shape index (κ3) is 4.77. The van der Waals surface area contributed by atoms with Crippen molar-refractivity contribution >= 4 is 38.4 Å². The number of aromatic nitrogens is 1. The van der Waals surface area contributed by atoms with Crippen LogP contribution in [-0.4, -0.2) is 37.8 Å². The second-order valence-electron chi connectivity index (χ2n) is 4.63. The normalized spacial score (nSPS) is 11.0. The van der Waals surface area contributed by atoms with Gasteiger partial charge in [-0.05, 0) is 19.1 Å². The molecule has 0 spiro atoms. The molecule has 10 heteroatoms. The zero-order valence-corrected chi connectivity index (χ0v) is 15.1. The molecule has 0 aliphatic heterocycles. The van der Waals surface area contributed by atoms with E-state index in [1.807, 2.05) is 0 Å². The Labute approximate surface area is 148 Å². The first kappa shape index (κ1) is 18.9. The van der Waals surface area contributed by atoms with E-state index in [1.165, 1.54) is 24.4 Å². The molecule has 0 fully saturated rings. The van der Waals surface area contributed by atoms with Crippen LogP contribution in [0.5, 0.6) is 5.75 Å². The Bertz CT molecular complexity index is 876. The van der Waals surface area contributed by atoms with E-state index in [4.69, 9.17) is 4.74 Å². The highest BCUT2D eigenvalue weighted by atomic mass is 32.2. The number of carbonyl (C=O) groups is 2. The fourth-order valence-electron chi connectivity index (χ4n) is 1.75. The Morgan fingerprint density at radius 3 is 2.64 bits per heavy atom. The summed E-state index contributed by atoms with van der Waals surface area (Å²) in [6, 6.07) is 6.10. The summed E-state index contributed by atoms with van der Waals surface area (Å²) in [6.45, 7) is 3.28. The highest BCUT2D eigenvalue weighted by molar-refractivity contribution is 7.91. The van der Waals surface area contributed by atoms with E-state index in [0.717, 1.165) is 11.3 Å². The second-order valence-corrected chi connectivity index (χ2v) is 7.71.